The monoisotopic (exact) mass is 765 g/mol. The van der Waals surface area contributed by atoms with E-state index in [0.29, 0.717) is 14.5 Å². The number of pyridine rings is 1. The predicted molar refractivity (Wildman–Crippen MR) is 160 cm³/mol. The van der Waals surface area contributed by atoms with Gasteiger partial charge in [0.05, 0.1) is 0 Å². The minimum absolute atomic E-state index is 0. The SMILES string of the molecule is CC(C)(C)C(=O)/C=C(\O)C(C)(C)C.[Ir].[c-]1ccc2[se]c3cccc4sc5c6ccccc6cnc5c1c2c43. The minimum atomic E-state index is -0.417. The van der Waals surface area contributed by atoms with Gasteiger partial charge in [-0.3, -0.25) is 4.79 Å². The summed E-state index contributed by atoms with van der Waals surface area (Å²) in [5.41, 5.74) is 0.315. The molecule has 0 atom stereocenters. The third-order valence-electron chi connectivity index (χ3n) is 6.39. The van der Waals surface area contributed by atoms with Gasteiger partial charge in [-0.2, -0.15) is 0 Å². The summed E-state index contributed by atoms with van der Waals surface area (Å²) in [6.45, 7) is 11.1. The molecule has 0 saturated carbocycles. The van der Waals surface area contributed by atoms with E-state index in [1.165, 1.54) is 50.9 Å². The van der Waals surface area contributed by atoms with Crippen LogP contribution >= 0.6 is 11.3 Å². The van der Waals surface area contributed by atoms with Crippen molar-refractivity contribution in [2.45, 2.75) is 41.5 Å². The maximum absolute atomic E-state index is 11.5. The number of benzene rings is 3. The Morgan fingerprint density at radius 3 is 2.37 bits per heavy atom. The summed E-state index contributed by atoms with van der Waals surface area (Å²) in [4.78, 5) is 16.3. The number of aliphatic hydroxyl groups excluding tert-OH is 1. The molecule has 0 bridgehead atoms. The number of carbonyl (C=O) groups is 1. The van der Waals surface area contributed by atoms with E-state index in [0.717, 1.165) is 5.52 Å². The molecule has 38 heavy (non-hydrogen) atoms. The molecule has 3 nitrogen and oxygen atoms in total. The number of carbonyl (C=O) groups excluding carboxylic acids is 1. The van der Waals surface area contributed by atoms with Crippen LogP contribution in [0, 0.1) is 16.9 Å². The van der Waals surface area contributed by atoms with Crippen molar-refractivity contribution in [2.75, 3.05) is 0 Å². The molecule has 3 aromatic carbocycles. The number of aliphatic hydroxyl groups is 1. The van der Waals surface area contributed by atoms with Crippen LogP contribution in [0.25, 0.3) is 50.4 Å². The first kappa shape index (κ1) is 28.7. The van der Waals surface area contributed by atoms with Crippen molar-refractivity contribution in [3.63, 3.8) is 0 Å². The second-order valence-electron chi connectivity index (χ2n) is 11.3. The van der Waals surface area contributed by atoms with Gasteiger partial charge in [-0.05, 0) is 0 Å². The van der Waals surface area contributed by atoms with E-state index in [-0.39, 0.29) is 37.1 Å². The van der Waals surface area contributed by atoms with Gasteiger partial charge in [0, 0.05) is 37.0 Å². The van der Waals surface area contributed by atoms with Crippen LogP contribution in [-0.4, -0.2) is 30.4 Å². The van der Waals surface area contributed by atoms with E-state index >= 15 is 0 Å². The standard InChI is InChI=1S/C21H10NSSe.C11H20O2.Ir/c1-2-6-13-12(5-1)11-22-20-14-7-3-9-16-18(14)19-15(23-21(13)20)8-4-10-17(19)24-16;1-10(2,3)8(12)7-9(13)11(4,5)6;/h1-6,8-11H;7,12H,1-6H3;/q-1;;/b;8-7-;. The molecule has 1 N–H and O–H groups in total. The zero-order chi connectivity index (χ0) is 26.5. The van der Waals surface area contributed by atoms with Crippen molar-refractivity contribution in [3.05, 3.63) is 78.7 Å². The van der Waals surface area contributed by atoms with Gasteiger partial charge in [-0.1, -0.05) is 41.5 Å². The summed E-state index contributed by atoms with van der Waals surface area (Å²) in [6, 6.07) is 23.1. The van der Waals surface area contributed by atoms with Crippen LogP contribution in [0.1, 0.15) is 41.5 Å². The third kappa shape index (κ3) is 5.39. The Kier molecular flexibility index (Phi) is 8.06. The van der Waals surface area contributed by atoms with Crippen LogP contribution in [0.3, 0.4) is 0 Å². The Morgan fingerprint density at radius 2 is 1.66 bits per heavy atom. The third-order valence-corrected chi connectivity index (χ3v) is 9.92. The Morgan fingerprint density at radius 1 is 0.947 bits per heavy atom. The first-order valence-electron chi connectivity index (χ1n) is 12.3. The molecule has 0 fully saturated rings. The van der Waals surface area contributed by atoms with E-state index < -0.39 is 5.41 Å². The van der Waals surface area contributed by atoms with Crippen molar-refractivity contribution in [3.8, 4) is 0 Å². The number of hydrogen-bond donors (Lipinski definition) is 1. The average molecular weight is 764 g/mol. The molecule has 0 aliphatic carbocycles. The molecule has 0 spiro atoms. The van der Waals surface area contributed by atoms with E-state index in [4.69, 9.17) is 4.98 Å². The van der Waals surface area contributed by atoms with Crippen LogP contribution in [0.2, 0.25) is 0 Å². The van der Waals surface area contributed by atoms with E-state index in [2.05, 4.69) is 60.7 Å². The molecule has 3 aromatic heterocycles. The first-order chi connectivity index (χ1) is 17.4. The molecule has 0 amide bonds. The molecule has 0 saturated heterocycles. The Bertz CT molecular complexity index is 1830. The molecule has 197 valence electrons. The molecule has 0 aliphatic rings. The molecule has 0 aliphatic heterocycles. The van der Waals surface area contributed by atoms with E-state index in [9.17, 15) is 9.90 Å². The van der Waals surface area contributed by atoms with Crippen molar-refractivity contribution < 1.29 is 30.0 Å². The molecule has 1 radical (unpaired) electrons. The van der Waals surface area contributed by atoms with Crippen molar-refractivity contribution >= 4 is 82.0 Å². The number of rotatable bonds is 1. The van der Waals surface area contributed by atoms with Gasteiger partial charge in [0.2, 0.25) is 0 Å². The molecule has 6 heteroatoms. The number of hydrogen-bond acceptors (Lipinski definition) is 4. The molecule has 0 unspecified atom stereocenters. The summed E-state index contributed by atoms with van der Waals surface area (Å²) in [7, 11) is 0. The Labute approximate surface area is 246 Å². The van der Waals surface area contributed by atoms with Gasteiger partial charge in [-0.15, -0.1) is 0 Å². The fourth-order valence-corrected chi connectivity index (χ4v) is 7.90. The average Bonchev–Trinajstić information content (AvgIpc) is 3.15. The van der Waals surface area contributed by atoms with Crippen LogP contribution < -0.4 is 0 Å². The van der Waals surface area contributed by atoms with Gasteiger partial charge in [0.1, 0.15) is 5.76 Å². The summed E-state index contributed by atoms with van der Waals surface area (Å²) in [6.07, 6.45) is 3.33. The summed E-state index contributed by atoms with van der Waals surface area (Å²) in [5, 5.41) is 16.0. The fourth-order valence-electron chi connectivity index (χ4n) is 4.13. The zero-order valence-electron chi connectivity index (χ0n) is 22.3. The molecular formula is C32H30IrNO2SSe-. The van der Waals surface area contributed by atoms with Gasteiger partial charge in [-0.25, -0.2) is 0 Å². The summed E-state index contributed by atoms with van der Waals surface area (Å²) < 4.78 is 5.56. The van der Waals surface area contributed by atoms with Gasteiger partial charge >= 0.3 is 148 Å². The number of nitrogens with zero attached hydrogens (tertiary/aromatic N) is 1. The van der Waals surface area contributed by atoms with Gasteiger partial charge in [0.15, 0.2) is 5.78 Å². The quantitative estimate of drug-likeness (QED) is 0.0789. The van der Waals surface area contributed by atoms with Crippen LogP contribution in [0.4, 0.5) is 0 Å². The predicted octanol–water partition coefficient (Wildman–Crippen LogP) is 8.85. The summed E-state index contributed by atoms with van der Waals surface area (Å²) in [5.74, 6) is 0.104. The topological polar surface area (TPSA) is 50.2 Å². The van der Waals surface area contributed by atoms with Crippen molar-refractivity contribution in [1.29, 1.82) is 0 Å². The van der Waals surface area contributed by atoms with Crippen molar-refractivity contribution in [1.82, 2.24) is 4.98 Å². The van der Waals surface area contributed by atoms with E-state index in [1.807, 2.05) is 59.1 Å². The number of ketones is 1. The second kappa shape index (κ2) is 10.7. The van der Waals surface area contributed by atoms with Crippen LogP contribution in [0.5, 0.6) is 0 Å². The maximum atomic E-state index is 11.5. The molecular weight excluding hydrogens is 734 g/mol. The molecule has 6 aromatic rings. The summed E-state index contributed by atoms with van der Waals surface area (Å²) >= 11 is 2.25. The van der Waals surface area contributed by atoms with Gasteiger partial charge in [0.25, 0.3) is 0 Å². The van der Waals surface area contributed by atoms with Crippen molar-refractivity contribution in [2.24, 2.45) is 10.8 Å². The van der Waals surface area contributed by atoms with Crippen LogP contribution in [-0.2, 0) is 24.9 Å². The Hall–Kier alpha value is -2.33. The van der Waals surface area contributed by atoms with Gasteiger partial charge < -0.3 is 5.11 Å². The molecule has 6 rings (SSSR count). The van der Waals surface area contributed by atoms with E-state index in [1.54, 1.807) is 0 Å². The number of allylic oxidation sites excluding steroid dienone is 2. The number of fused-ring (bicyclic) bond motifs is 4. The fraction of sp³-hybridized carbons (Fsp3) is 0.250. The zero-order valence-corrected chi connectivity index (χ0v) is 27.2. The van der Waals surface area contributed by atoms with Crippen LogP contribution in [0.15, 0.2) is 72.6 Å². The normalized spacial score (nSPS) is 12.6. The Balaban J connectivity index is 0.000000209. The number of aromatic nitrogens is 1. The first-order valence-corrected chi connectivity index (χ1v) is 14.9. The second-order valence-corrected chi connectivity index (χ2v) is 14.7. The molecule has 3 heterocycles.